The Hall–Kier alpha value is -3.24. The molecule has 0 unspecified atom stereocenters. The molecule has 0 atom stereocenters. The average Bonchev–Trinajstić information content (AvgIpc) is 3.32. The van der Waals surface area contributed by atoms with Crippen molar-refractivity contribution in [2.24, 2.45) is 0 Å². The molecule has 2 aromatic heterocycles. The topological polar surface area (TPSA) is 86.8 Å². The fraction of sp³-hybridized carbons (Fsp3) is 0.440. The number of rotatable bonds is 4. The van der Waals surface area contributed by atoms with Gasteiger partial charge < -0.3 is 5.32 Å². The Labute approximate surface area is 187 Å². The van der Waals surface area contributed by atoms with Crippen molar-refractivity contribution in [2.75, 3.05) is 11.9 Å². The zero-order valence-corrected chi connectivity index (χ0v) is 18.6. The highest BCUT2D eigenvalue weighted by Crippen LogP contribution is 2.31. The highest BCUT2D eigenvalue weighted by Gasteiger charge is 2.23. The molecule has 1 N–H and O–H groups in total. The van der Waals surface area contributed by atoms with Gasteiger partial charge in [-0.1, -0.05) is 18.9 Å². The molecule has 1 saturated carbocycles. The van der Waals surface area contributed by atoms with E-state index in [-0.39, 0.29) is 17.2 Å². The minimum Gasteiger partial charge on any atom is -0.324 e. The van der Waals surface area contributed by atoms with Crippen LogP contribution in [0.25, 0.3) is 11.0 Å². The van der Waals surface area contributed by atoms with Crippen LogP contribution in [0, 0.1) is 11.3 Å². The van der Waals surface area contributed by atoms with Crippen LogP contribution in [0.15, 0.2) is 35.3 Å². The summed E-state index contributed by atoms with van der Waals surface area (Å²) < 4.78 is 1.72. The van der Waals surface area contributed by atoms with Gasteiger partial charge in [0.25, 0.3) is 5.56 Å². The van der Waals surface area contributed by atoms with Gasteiger partial charge in [-0.25, -0.2) is 4.98 Å². The summed E-state index contributed by atoms with van der Waals surface area (Å²) >= 11 is 0. The summed E-state index contributed by atoms with van der Waals surface area (Å²) in [5.74, 6) is 0.466. The normalized spacial score (nSPS) is 16.9. The fourth-order valence-electron chi connectivity index (χ4n) is 4.98. The first-order valence-electron chi connectivity index (χ1n) is 11.5. The molecule has 3 aromatic rings. The summed E-state index contributed by atoms with van der Waals surface area (Å²) in [5, 5.41) is 13.5. The average molecular weight is 429 g/mol. The van der Waals surface area contributed by atoms with Crippen LogP contribution in [0.3, 0.4) is 0 Å². The molecule has 0 saturated heterocycles. The van der Waals surface area contributed by atoms with E-state index in [2.05, 4.69) is 47.2 Å². The SMILES string of the molecule is CC(C)N1CCc2cc(Nc3ncc4cc(C#N)c(=O)n(C5CCCC5)c4n3)ccc2C1. The molecule has 7 heteroatoms. The highest BCUT2D eigenvalue weighted by atomic mass is 16.1. The molecular formula is C25H28N6O. The number of nitrogens with zero attached hydrogens (tertiary/aromatic N) is 5. The summed E-state index contributed by atoms with van der Waals surface area (Å²) in [6.45, 7) is 6.52. The monoisotopic (exact) mass is 428 g/mol. The maximum Gasteiger partial charge on any atom is 0.270 e. The van der Waals surface area contributed by atoms with E-state index in [9.17, 15) is 10.1 Å². The Balaban J connectivity index is 1.49. The number of hydrogen-bond donors (Lipinski definition) is 1. The van der Waals surface area contributed by atoms with E-state index >= 15 is 0 Å². The summed E-state index contributed by atoms with van der Waals surface area (Å²) in [7, 11) is 0. The second-order valence-corrected chi connectivity index (χ2v) is 9.18. The lowest BCUT2D eigenvalue weighted by molar-refractivity contribution is 0.203. The van der Waals surface area contributed by atoms with Gasteiger partial charge in [0.05, 0.1) is 0 Å². The van der Waals surface area contributed by atoms with Gasteiger partial charge in [-0.15, -0.1) is 0 Å². The number of nitrogens with one attached hydrogen (secondary N) is 1. The molecule has 7 nitrogen and oxygen atoms in total. The Morgan fingerprint density at radius 2 is 2.00 bits per heavy atom. The van der Waals surface area contributed by atoms with E-state index in [1.807, 2.05) is 6.07 Å². The van der Waals surface area contributed by atoms with Crippen LogP contribution in [0.4, 0.5) is 11.6 Å². The second kappa shape index (κ2) is 8.36. The lowest BCUT2D eigenvalue weighted by Crippen LogP contribution is -2.35. The van der Waals surface area contributed by atoms with Crippen LogP contribution in [0.5, 0.6) is 0 Å². The number of aromatic nitrogens is 3. The van der Waals surface area contributed by atoms with Gasteiger partial charge in [-0.3, -0.25) is 14.3 Å². The van der Waals surface area contributed by atoms with Crippen molar-refractivity contribution in [3.05, 3.63) is 57.5 Å². The van der Waals surface area contributed by atoms with Crippen LogP contribution in [-0.4, -0.2) is 32.0 Å². The van der Waals surface area contributed by atoms with E-state index in [1.165, 1.54) is 11.1 Å². The predicted octanol–water partition coefficient (Wildman–Crippen LogP) is 4.29. The van der Waals surface area contributed by atoms with Gasteiger partial charge in [0.2, 0.25) is 5.95 Å². The van der Waals surface area contributed by atoms with Crippen LogP contribution < -0.4 is 10.9 Å². The zero-order valence-electron chi connectivity index (χ0n) is 18.6. The number of benzene rings is 1. The minimum atomic E-state index is -0.250. The Kier molecular flexibility index (Phi) is 5.40. The minimum absolute atomic E-state index is 0.0914. The van der Waals surface area contributed by atoms with Crippen LogP contribution in [-0.2, 0) is 13.0 Å². The van der Waals surface area contributed by atoms with Gasteiger partial charge in [0.15, 0.2) is 0 Å². The Morgan fingerprint density at radius 1 is 1.19 bits per heavy atom. The highest BCUT2D eigenvalue weighted by molar-refractivity contribution is 5.77. The molecule has 0 bridgehead atoms. The first-order valence-corrected chi connectivity index (χ1v) is 11.5. The molecule has 1 fully saturated rings. The molecule has 0 radical (unpaired) electrons. The molecule has 2 aliphatic rings. The summed E-state index contributed by atoms with van der Waals surface area (Å²) in [6.07, 6.45) is 6.79. The smallest absolute Gasteiger partial charge is 0.270 e. The Morgan fingerprint density at radius 3 is 2.75 bits per heavy atom. The molecule has 5 rings (SSSR count). The van der Waals surface area contributed by atoms with Gasteiger partial charge in [-0.05, 0) is 62.4 Å². The van der Waals surface area contributed by atoms with Crippen LogP contribution in [0.1, 0.15) is 62.3 Å². The first-order chi connectivity index (χ1) is 15.5. The van der Waals surface area contributed by atoms with Crippen molar-refractivity contribution in [3.8, 4) is 6.07 Å². The van der Waals surface area contributed by atoms with E-state index in [4.69, 9.17) is 4.98 Å². The van der Waals surface area contributed by atoms with Crippen LogP contribution in [0.2, 0.25) is 0 Å². The molecule has 164 valence electrons. The van der Waals surface area contributed by atoms with Gasteiger partial charge in [-0.2, -0.15) is 10.2 Å². The maximum absolute atomic E-state index is 13.0. The molecule has 1 aliphatic heterocycles. The first kappa shape index (κ1) is 20.7. The van der Waals surface area contributed by atoms with Crippen molar-refractivity contribution in [1.82, 2.24) is 19.4 Å². The van der Waals surface area contributed by atoms with Gasteiger partial charge in [0, 0.05) is 42.4 Å². The number of fused-ring (bicyclic) bond motifs is 2. The maximum atomic E-state index is 13.0. The molecule has 1 aliphatic carbocycles. The Bertz CT molecular complexity index is 1270. The molecule has 32 heavy (non-hydrogen) atoms. The molecule has 3 heterocycles. The summed E-state index contributed by atoms with van der Waals surface area (Å²) in [6, 6.07) is 10.7. The zero-order chi connectivity index (χ0) is 22.2. The number of anilines is 2. The largest absolute Gasteiger partial charge is 0.324 e. The summed E-state index contributed by atoms with van der Waals surface area (Å²) in [4.78, 5) is 24.6. The number of hydrogen-bond acceptors (Lipinski definition) is 6. The van der Waals surface area contributed by atoms with Crippen molar-refractivity contribution < 1.29 is 0 Å². The fourth-order valence-corrected chi connectivity index (χ4v) is 4.98. The third kappa shape index (κ3) is 3.76. The van der Waals surface area contributed by atoms with Crippen LogP contribution >= 0.6 is 0 Å². The van der Waals surface area contributed by atoms with Crippen molar-refractivity contribution in [3.63, 3.8) is 0 Å². The van der Waals surface area contributed by atoms with E-state index in [1.54, 1.807) is 16.8 Å². The predicted molar refractivity (Wildman–Crippen MR) is 125 cm³/mol. The molecule has 0 spiro atoms. The van der Waals surface area contributed by atoms with Gasteiger partial charge in [0.1, 0.15) is 17.3 Å². The third-order valence-corrected chi connectivity index (χ3v) is 6.82. The third-order valence-electron chi connectivity index (χ3n) is 6.82. The van der Waals surface area contributed by atoms with Crippen molar-refractivity contribution >= 4 is 22.7 Å². The van der Waals surface area contributed by atoms with Crippen molar-refractivity contribution in [2.45, 2.75) is 64.6 Å². The van der Waals surface area contributed by atoms with Gasteiger partial charge >= 0.3 is 0 Å². The lowest BCUT2D eigenvalue weighted by Gasteiger charge is -2.32. The molecule has 0 amide bonds. The van der Waals surface area contributed by atoms with E-state index in [0.717, 1.165) is 56.3 Å². The molecular weight excluding hydrogens is 400 g/mol. The number of nitriles is 1. The number of pyridine rings is 1. The van der Waals surface area contributed by atoms with E-state index in [0.29, 0.717) is 17.6 Å². The lowest BCUT2D eigenvalue weighted by atomic mass is 9.98. The summed E-state index contributed by atoms with van der Waals surface area (Å²) in [5.41, 5.74) is 4.18. The second-order valence-electron chi connectivity index (χ2n) is 9.18. The van der Waals surface area contributed by atoms with Crippen molar-refractivity contribution in [1.29, 1.82) is 5.26 Å². The van der Waals surface area contributed by atoms with E-state index < -0.39 is 0 Å². The molecule has 1 aromatic carbocycles. The quantitative estimate of drug-likeness (QED) is 0.667. The standard InChI is InChI=1S/C25H28N6O/c1-16(2)30-10-9-17-12-21(8-7-18(17)15-30)28-25-27-14-20-11-19(13-26)24(32)31(23(20)29-25)22-5-3-4-6-22/h7-8,11-12,14,16,22H,3-6,9-10,15H2,1-2H3,(H,27,28,29).